The smallest absolute Gasteiger partial charge is 0.410 e. The molecule has 0 N–H and O–H groups in total. The van der Waals surface area contributed by atoms with Gasteiger partial charge in [0.25, 0.3) is 0 Å². The van der Waals surface area contributed by atoms with Crippen molar-refractivity contribution < 1.29 is 19.1 Å². The third-order valence-corrected chi connectivity index (χ3v) is 3.96. The van der Waals surface area contributed by atoms with Crippen molar-refractivity contribution in [2.24, 2.45) is 0 Å². The fourth-order valence-electron chi connectivity index (χ4n) is 2.97. The third-order valence-electron chi connectivity index (χ3n) is 3.96. The van der Waals surface area contributed by atoms with Gasteiger partial charge in [0.2, 0.25) is 0 Å². The molecule has 0 radical (unpaired) electrons. The Hall–Kier alpha value is -2.05. The second kappa shape index (κ2) is 7.06. The van der Waals surface area contributed by atoms with Crippen LogP contribution in [-0.4, -0.2) is 45.5 Å². The van der Waals surface area contributed by atoms with Crippen LogP contribution in [0.5, 0.6) is 0 Å². The maximum Gasteiger partial charge on any atom is 0.410 e. The monoisotopic (exact) mass is 351 g/mol. The van der Waals surface area contributed by atoms with Gasteiger partial charge in [-0.15, -0.1) is 0 Å². The van der Waals surface area contributed by atoms with Gasteiger partial charge in [0.05, 0.1) is 18.8 Å². The van der Waals surface area contributed by atoms with Crippen LogP contribution in [0.2, 0.25) is 0 Å². The van der Waals surface area contributed by atoms with E-state index in [-0.39, 0.29) is 18.1 Å². The Morgan fingerprint density at radius 1 is 1.32 bits per heavy atom. The first-order valence-corrected chi connectivity index (χ1v) is 8.81. The quantitative estimate of drug-likeness (QED) is 0.779. The molecule has 0 aliphatic carbocycles. The van der Waals surface area contributed by atoms with Gasteiger partial charge in [-0.1, -0.05) is 6.92 Å². The van der Waals surface area contributed by atoms with E-state index in [4.69, 9.17) is 9.47 Å². The molecule has 1 atom stereocenters. The first-order valence-electron chi connectivity index (χ1n) is 8.81. The van der Waals surface area contributed by atoms with E-state index in [9.17, 15) is 9.59 Å². The molecule has 0 saturated heterocycles. The highest BCUT2D eigenvalue weighted by Crippen LogP contribution is 2.32. The minimum atomic E-state index is -0.563. The van der Waals surface area contributed by atoms with Gasteiger partial charge in [0.1, 0.15) is 5.60 Å². The lowest BCUT2D eigenvalue weighted by Gasteiger charge is -2.32. The second-order valence-corrected chi connectivity index (χ2v) is 7.73. The number of esters is 1. The average Bonchev–Trinajstić information content (AvgIpc) is 2.86. The highest BCUT2D eigenvalue weighted by Gasteiger charge is 2.36. The maximum absolute atomic E-state index is 12.5. The van der Waals surface area contributed by atoms with Crippen molar-refractivity contribution in [1.29, 1.82) is 0 Å². The summed E-state index contributed by atoms with van der Waals surface area (Å²) in [5, 5.41) is 4.64. The lowest BCUT2D eigenvalue weighted by atomic mass is 9.96. The fraction of sp³-hybridized carbons (Fsp3) is 0.722. The zero-order valence-corrected chi connectivity index (χ0v) is 16.3. The molecule has 25 heavy (non-hydrogen) atoms. The number of rotatable bonds is 3. The summed E-state index contributed by atoms with van der Waals surface area (Å²) in [4.78, 5) is 26.6. The van der Waals surface area contributed by atoms with Crippen molar-refractivity contribution in [2.45, 2.75) is 72.6 Å². The van der Waals surface area contributed by atoms with Crippen LogP contribution in [0.25, 0.3) is 0 Å². The summed E-state index contributed by atoms with van der Waals surface area (Å²) >= 11 is 0. The molecular weight excluding hydrogens is 322 g/mol. The minimum Gasteiger partial charge on any atom is -0.461 e. The van der Waals surface area contributed by atoms with Gasteiger partial charge in [-0.05, 0) is 41.5 Å². The van der Waals surface area contributed by atoms with Gasteiger partial charge in [-0.25, -0.2) is 9.59 Å². The van der Waals surface area contributed by atoms with Crippen molar-refractivity contribution in [2.75, 3.05) is 13.2 Å². The number of ether oxygens (including phenoxy) is 2. The molecular formula is C18H29N3O4. The van der Waals surface area contributed by atoms with Crippen LogP contribution in [-0.2, 0) is 16.0 Å². The molecule has 0 aromatic carbocycles. The summed E-state index contributed by atoms with van der Waals surface area (Å²) in [6, 6.07) is 0.0205. The largest absolute Gasteiger partial charge is 0.461 e. The van der Waals surface area contributed by atoms with E-state index < -0.39 is 11.6 Å². The third kappa shape index (κ3) is 4.14. The van der Waals surface area contributed by atoms with Crippen molar-refractivity contribution in [3.8, 4) is 0 Å². The number of nitrogens with zero attached hydrogens (tertiary/aromatic N) is 3. The van der Waals surface area contributed by atoms with E-state index in [1.807, 2.05) is 41.5 Å². The summed E-state index contributed by atoms with van der Waals surface area (Å²) < 4.78 is 12.4. The van der Waals surface area contributed by atoms with Crippen LogP contribution in [0.15, 0.2) is 0 Å². The van der Waals surface area contributed by atoms with E-state index in [0.29, 0.717) is 25.4 Å². The Labute approximate surface area is 149 Å². The van der Waals surface area contributed by atoms with Crippen LogP contribution < -0.4 is 0 Å². The SMILES string of the molecule is CCOC(=O)c1c2c(nn1C(C)C)[C@H](C)CN(C(=O)OC(C)(C)C)C2. The van der Waals surface area contributed by atoms with Crippen molar-refractivity contribution in [1.82, 2.24) is 14.7 Å². The molecule has 1 amide bonds. The molecule has 1 aliphatic rings. The standard InChI is InChI=1S/C18H29N3O4/c1-8-24-16(22)15-13-10-20(17(23)25-18(5,6)7)9-12(4)14(13)19-21(15)11(2)3/h11-12H,8-10H2,1-7H3/t12-/m1/s1. The fourth-order valence-corrected chi connectivity index (χ4v) is 2.97. The lowest BCUT2D eigenvalue weighted by Crippen LogP contribution is -2.41. The van der Waals surface area contributed by atoms with Gasteiger partial charge < -0.3 is 14.4 Å². The van der Waals surface area contributed by atoms with Gasteiger partial charge in [0.15, 0.2) is 5.69 Å². The topological polar surface area (TPSA) is 73.7 Å². The van der Waals surface area contributed by atoms with Gasteiger partial charge in [0, 0.05) is 24.1 Å². The molecule has 2 rings (SSSR count). The normalized spacial score (nSPS) is 17.4. The Bertz CT molecular complexity index is 658. The zero-order valence-electron chi connectivity index (χ0n) is 16.3. The molecule has 7 heteroatoms. The number of aromatic nitrogens is 2. The van der Waals surface area contributed by atoms with Gasteiger partial charge in [-0.2, -0.15) is 5.10 Å². The summed E-state index contributed by atoms with van der Waals surface area (Å²) in [5.41, 5.74) is 1.49. The first kappa shape index (κ1) is 19.3. The van der Waals surface area contributed by atoms with Crippen molar-refractivity contribution in [3.05, 3.63) is 17.0 Å². The summed E-state index contributed by atoms with van der Waals surface area (Å²) in [5.74, 6) is -0.382. The van der Waals surface area contributed by atoms with E-state index in [1.165, 1.54) is 0 Å². The number of fused-ring (bicyclic) bond motifs is 1. The number of carbonyl (C=O) groups is 2. The Kier molecular flexibility index (Phi) is 5.44. The first-order chi connectivity index (χ1) is 11.5. The highest BCUT2D eigenvalue weighted by atomic mass is 16.6. The number of hydrogen-bond donors (Lipinski definition) is 0. The average molecular weight is 351 g/mol. The van der Waals surface area contributed by atoms with E-state index >= 15 is 0 Å². The minimum absolute atomic E-state index is 0.0180. The Morgan fingerprint density at radius 3 is 2.48 bits per heavy atom. The highest BCUT2D eigenvalue weighted by molar-refractivity contribution is 5.90. The summed E-state index contributed by atoms with van der Waals surface area (Å²) in [7, 11) is 0. The van der Waals surface area contributed by atoms with Crippen molar-refractivity contribution >= 4 is 12.1 Å². The van der Waals surface area contributed by atoms with Crippen LogP contribution in [0.3, 0.4) is 0 Å². The molecule has 0 fully saturated rings. The molecule has 1 aliphatic heterocycles. The van der Waals surface area contributed by atoms with Gasteiger partial charge >= 0.3 is 12.1 Å². The molecule has 0 unspecified atom stereocenters. The molecule has 0 spiro atoms. The van der Waals surface area contributed by atoms with E-state index in [2.05, 4.69) is 5.10 Å². The number of hydrogen-bond acceptors (Lipinski definition) is 5. The van der Waals surface area contributed by atoms with E-state index in [0.717, 1.165) is 11.3 Å². The Balaban J connectivity index is 2.41. The molecule has 1 aromatic heterocycles. The predicted molar refractivity (Wildman–Crippen MR) is 93.6 cm³/mol. The summed E-state index contributed by atoms with van der Waals surface area (Å²) in [6.07, 6.45) is -0.378. The predicted octanol–water partition coefficient (Wildman–Crippen LogP) is 3.49. The molecule has 0 bridgehead atoms. The molecule has 140 valence electrons. The van der Waals surface area contributed by atoms with Crippen LogP contribution in [0.1, 0.15) is 82.2 Å². The number of amides is 1. The van der Waals surface area contributed by atoms with E-state index in [1.54, 1.807) is 16.5 Å². The Morgan fingerprint density at radius 2 is 1.96 bits per heavy atom. The van der Waals surface area contributed by atoms with Crippen LogP contribution >= 0.6 is 0 Å². The zero-order chi connectivity index (χ0) is 18.9. The van der Waals surface area contributed by atoms with Gasteiger partial charge in [-0.3, -0.25) is 4.68 Å². The molecule has 7 nitrogen and oxygen atoms in total. The maximum atomic E-state index is 12.5. The second-order valence-electron chi connectivity index (χ2n) is 7.73. The molecule has 1 aromatic rings. The summed E-state index contributed by atoms with van der Waals surface area (Å²) in [6.45, 7) is 14.3. The van der Waals surface area contributed by atoms with Crippen LogP contribution in [0.4, 0.5) is 4.79 Å². The van der Waals surface area contributed by atoms with Crippen LogP contribution in [0, 0.1) is 0 Å². The molecule has 0 saturated carbocycles. The van der Waals surface area contributed by atoms with Crippen molar-refractivity contribution in [3.63, 3.8) is 0 Å². The molecule has 2 heterocycles. The number of carbonyl (C=O) groups excluding carboxylic acids is 2. The lowest BCUT2D eigenvalue weighted by molar-refractivity contribution is 0.0204.